The Bertz CT molecular complexity index is 331. The van der Waals surface area contributed by atoms with Crippen LogP contribution in [0.25, 0.3) is 0 Å². The first-order chi connectivity index (χ1) is 6.77. The van der Waals surface area contributed by atoms with Gasteiger partial charge >= 0.3 is 0 Å². The SMILES string of the molecule is CCC(C)(O)c1cccc(C(C)(C)C)c1. The minimum absolute atomic E-state index is 0.139. The molecule has 1 aromatic carbocycles. The predicted molar refractivity (Wildman–Crippen MR) is 65.0 cm³/mol. The molecule has 1 nitrogen and oxygen atoms in total. The summed E-state index contributed by atoms with van der Waals surface area (Å²) in [5.74, 6) is 0. The minimum atomic E-state index is -0.707. The molecule has 0 saturated carbocycles. The van der Waals surface area contributed by atoms with Crippen LogP contribution < -0.4 is 0 Å². The van der Waals surface area contributed by atoms with Crippen LogP contribution in [0.2, 0.25) is 0 Å². The van der Waals surface area contributed by atoms with Crippen molar-refractivity contribution < 1.29 is 5.11 Å². The van der Waals surface area contributed by atoms with E-state index < -0.39 is 5.60 Å². The Hall–Kier alpha value is -0.820. The summed E-state index contributed by atoms with van der Waals surface area (Å²) in [7, 11) is 0. The van der Waals surface area contributed by atoms with E-state index in [1.807, 2.05) is 26.0 Å². The largest absolute Gasteiger partial charge is 0.385 e. The van der Waals surface area contributed by atoms with Crippen LogP contribution in [-0.4, -0.2) is 5.11 Å². The number of rotatable bonds is 2. The maximum atomic E-state index is 10.2. The predicted octanol–water partition coefficient (Wildman–Crippen LogP) is 3.60. The van der Waals surface area contributed by atoms with Gasteiger partial charge in [-0.25, -0.2) is 0 Å². The van der Waals surface area contributed by atoms with E-state index in [1.165, 1.54) is 5.56 Å². The van der Waals surface area contributed by atoms with Gasteiger partial charge in [-0.3, -0.25) is 0 Å². The molecule has 0 aromatic heterocycles. The van der Waals surface area contributed by atoms with Crippen LogP contribution in [0.5, 0.6) is 0 Å². The van der Waals surface area contributed by atoms with Gasteiger partial charge in [0.05, 0.1) is 5.60 Å². The summed E-state index contributed by atoms with van der Waals surface area (Å²) in [6.45, 7) is 10.4. The average molecular weight is 206 g/mol. The Kier molecular flexibility index (Phi) is 3.25. The van der Waals surface area contributed by atoms with Crippen molar-refractivity contribution in [3.63, 3.8) is 0 Å². The summed E-state index contributed by atoms with van der Waals surface area (Å²) in [6, 6.07) is 8.26. The van der Waals surface area contributed by atoms with Crippen LogP contribution in [0, 0.1) is 0 Å². The quantitative estimate of drug-likeness (QED) is 0.784. The molecule has 1 N–H and O–H groups in total. The molecular weight excluding hydrogens is 184 g/mol. The molecule has 15 heavy (non-hydrogen) atoms. The lowest BCUT2D eigenvalue weighted by atomic mass is 9.83. The fraction of sp³-hybridized carbons (Fsp3) is 0.571. The summed E-state index contributed by atoms with van der Waals surface area (Å²) in [5, 5.41) is 10.2. The first-order valence-electron chi connectivity index (χ1n) is 5.61. The molecule has 0 aliphatic heterocycles. The van der Waals surface area contributed by atoms with E-state index in [0.29, 0.717) is 0 Å². The van der Waals surface area contributed by atoms with Crippen LogP contribution in [-0.2, 0) is 11.0 Å². The Morgan fingerprint density at radius 2 is 1.60 bits per heavy atom. The Morgan fingerprint density at radius 3 is 2.07 bits per heavy atom. The van der Waals surface area contributed by atoms with Gasteiger partial charge in [-0.15, -0.1) is 0 Å². The van der Waals surface area contributed by atoms with Gasteiger partial charge in [0.25, 0.3) is 0 Å². The van der Waals surface area contributed by atoms with Gasteiger partial charge in [0.2, 0.25) is 0 Å². The van der Waals surface area contributed by atoms with Gasteiger partial charge in [0.1, 0.15) is 0 Å². The number of hydrogen-bond acceptors (Lipinski definition) is 1. The highest BCUT2D eigenvalue weighted by Gasteiger charge is 2.22. The summed E-state index contributed by atoms with van der Waals surface area (Å²) in [4.78, 5) is 0. The zero-order valence-corrected chi connectivity index (χ0v) is 10.5. The van der Waals surface area contributed by atoms with Gasteiger partial charge in [-0.05, 0) is 29.9 Å². The zero-order chi connectivity index (χ0) is 11.7. The van der Waals surface area contributed by atoms with Crippen LogP contribution in [0.1, 0.15) is 52.2 Å². The normalized spacial score (nSPS) is 16.1. The van der Waals surface area contributed by atoms with Crippen molar-refractivity contribution in [2.45, 2.75) is 52.1 Å². The highest BCUT2D eigenvalue weighted by atomic mass is 16.3. The molecule has 0 fully saturated rings. The Labute approximate surface area is 93.1 Å². The minimum Gasteiger partial charge on any atom is -0.385 e. The highest BCUT2D eigenvalue weighted by Crippen LogP contribution is 2.29. The maximum Gasteiger partial charge on any atom is 0.0866 e. The molecule has 84 valence electrons. The Morgan fingerprint density at radius 1 is 1.07 bits per heavy atom. The van der Waals surface area contributed by atoms with Gasteiger partial charge in [-0.2, -0.15) is 0 Å². The zero-order valence-electron chi connectivity index (χ0n) is 10.5. The third-order valence-corrected chi connectivity index (χ3v) is 3.04. The molecule has 1 unspecified atom stereocenters. The van der Waals surface area contributed by atoms with E-state index >= 15 is 0 Å². The Balaban J connectivity index is 3.14. The van der Waals surface area contributed by atoms with Crippen molar-refractivity contribution in [3.05, 3.63) is 35.4 Å². The van der Waals surface area contributed by atoms with E-state index in [-0.39, 0.29) is 5.41 Å². The van der Waals surface area contributed by atoms with Crippen molar-refractivity contribution in [3.8, 4) is 0 Å². The van der Waals surface area contributed by atoms with Crippen LogP contribution >= 0.6 is 0 Å². The van der Waals surface area contributed by atoms with Gasteiger partial charge in [-0.1, -0.05) is 52.0 Å². The van der Waals surface area contributed by atoms with Crippen molar-refractivity contribution in [1.82, 2.24) is 0 Å². The first kappa shape index (κ1) is 12.3. The van der Waals surface area contributed by atoms with Crippen molar-refractivity contribution in [1.29, 1.82) is 0 Å². The van der Waals surface area contributed by atoms with E-state index in [9.17, 15) is 5.11 Å². The third kappa shape index (κ3) is 2.82. The molecule has 0 heterocycles. The van der Waals surface area contributed by atoms with Crippen molar-refractivity contribution in [2.24, 2.45) is 0 Å². The monoisotopic (exact) mass is 206 g/mol. The van der Waals surface area contributed by atoms with Crippen LogP contribution in [0.15, 0.2) is 24.3 Å². The van der Waals surface area contributed by atoms with Crippen LogP contribution in [0.4, 0.5) is 0 Å². The average Bonchev–Trinajstić information content (AvgIpc) is 2.17. The van der Waals surface area contributed by atoms with E-state index in [4.69, 9.17) is 0 Å². The van der Waals surface area contributed by atoms with Crippen molar-refractivity contribution in [2.75, 3.05) is 0 Å². The summed E-state index contributed by atoms with van der Waals surface area (Å²) in [6.07, 6.45) is 0.737. The third-order valence-electron chi connectivity index (χ3n) is 3.04. The standard InChI is InChI=1S/C14H22O/c1-6-14(5,15)12-9-7-8-11(10-12)13(2,3)4/h7-10,15H,6H2,1-5H3. The fourth-order valence-electron chi connectivity index (χ4n) is 1.52. The molecule has 0 radical (unpaired) electrons. The molecular formula is C14H22O. The number of aliphatic hydroxyl groups is 1. The molecule has 1 heteroatoms. The fourth-order valence-corrected chi connectivity index (χ4v) is 1.52. The molecule has 0 bridgehead atoms. The van der Waals surface area contributed by atoms with Crippen molar-refractivity contribution >= 4 is 0 Å². The lowest BCUT2D eigenvalue weighted by molar-refractivity contribution is 0.0529. The van der Waals surface area contributed by atoms with Crippen LogP contribution in [0.3, 0.4) is 0 Å². The van der Waals surface area contributed by atoms with E-state index in [1.54, 1.807) is 0 Å². The molecule has 1 atom stereocenters. The second kappa shape index (κ2) is 3.97. The second-order valence-corrected chi connectivity index (χ2v) is 5.46. The maximum absolute atomic E-state index is 10.2. The summed E-state index contributed by atoms with van der Waals surface area (Å²) < 4.78 is 0. The first-order valence-corrected chi connectivity index (χ1v) is 5.61. The van der Waals surface area contributed by atoms with Gasteiger partial charge < -0.3 is 5.11 Å². The molecule has 1 rings (SSSR count). The van der Waals surface area contributed by atoms with E-state index in [0.717, 1.165) is 12.0 Å². The lowest BCUT2D eigenvalue weighted by Crippen LogP contribution is -2.21. The van der Waals surface area contributed by atoms with E-state index in [2.05, 4.69) is 32.9 Å². The smallest absolute Gasteiger partial charge is 0.0866 e. The molecule has 0 spiro atoms. The molecule has 0 amide bonds. The summed E-state index contributed by atoms with van der Waals surface area (Å²) in [5.41, 5.74) is 1.72. The topological polar surface area (TPSA) is 20.2 Å². The highest BCUT2D eigenvalue weighted by molar-refractivity contribution is 5.31. The number of hydrogen-bond donors (Lipinski definition) is 1. The number of benzene rings is 1. The molecule has 0 saturated heterocycles. The molecule has 0 aliphatic rings. The molecule has 1 aromatic rings. The lowest BCUT2D eigenvalue weighted by Gasteiger charge is -2.25. The van der Waals surface area contributed by atoms with Gasteiger partial charge in [0.15, 0.2) is 0 Å². The molecule has 0 aliphatic carbocycles. The van der Waals surface area contributed by atoms with Gasteiger partial charge in [0, 0.05) is 0 Å². The summed E-state index contributed by atoms with van der Waals surface area (Å²) >= 11 is 0. The second-order valence-electron chi connectivity index (χ2n) is 5.46.